The van der Waals surface area contributed by atoms with Gasteiger partial charge in [-0.1, -0.05) is 6.92 Å². The van der Waals surface area contributed by atoms with Gasteiger partial charge in [-0.05, 0) is 26.3 Å². The van der Waals surface area contributed by atoms with Crippen LogP contribution in [0.1, 0.15) is 37.6 Å². The summed E-state index contributed by atoms with van der Waals surface area (Å²) < 4.78 is 27.3. The van der Waals surface area contributed by atoms with Crippen molar-refractivity contribution >= 4 is 11.6 Å². The van der Waals surface area contributed by atoms with Gasteiger partial charge in [0.1, 0.15) is 5.82 Å². The first-order chi connectivity index (χ1) is 9.29. The molecule has 1 rings (SSSR count). The van der Waals surface area contributed by atoms with Crippen molar-refractivity contribution in [3.63, 3.8) is 0 Å². The second kappa shape index (κ2) is 6.40. The maximum Gasteiger partial charge on any atom is 0.307 e. The smallest absolute Gasteiger partial charge is 0.307 e. The third-order valence-electron chi connectivity index (χ3n) is 2.81. The van der Waals surface area contributed by atoms with Crippen molar-refractivity contribution in [3.05, 3.63) is 39.4 Å². The predicted octanol–water partition coefficient (Wildman–Crippen LogP) is 3.13. The van der Waals surface area contributed by atoms with E-state index in [1.54, 1.807) is 13.8 Å². The number of nitrogens with zero attached hydrogens (tertiary/aromatic N) is 2. The van der Waals surface area contributed by atoms with Gasteiger partial charge in [0.25, 0.3) is 5.91 Å². The standard InChI is InChI=1S/C13H16F2N2O3/c1-4-5-16(8(2)3)13(18)9-6-11(15)12(17(19)20)7-10(9)14/h6-8H,4-5H2,1-3H3. The van der Waals surface area contributed by atoms with Crippen molar-refractivity contribution in [1.29, 1.82) is 0 Å². The molecule has 1 aromatic carbocycles. The maximum absolute atomic E-state index is 13.8. The molecule has 0 heterocycles. The summed E-state index contributed by atoms with van der Waals surface area (Å²) in [5.41, 5.74) is -1.47. The van der Waals surface area contributed by atoms with Gasteiger partial charge in [-0.25, -0.2) is 4.39 Å². The van der Waals surface area contributed by atoms with Crippen molar-refractivity contribution in [2.45, 2.75) is 33.2 Å². The lowest BCUT2D eigenvalue weighted by Gasteiger charge is -2.26. The SMILES string of the molecule is CCCN(C(=O)c1cc(F)c([N+](=O)[O-])cc1F)C(C)C. The number of nitro benzene ring substituents is 1. The van der Waals surface area contributed by atoms with E-state index in [4.69, 9.17) is 0 Å². The molecule has 1 aromatic rings. The second-order valence-corrected chi connectivity index (χ2v) is 4.63. The highest BCUT2D eigenvalue weighted by Crippen LogP contribution is 2.23. The van der Waals surface area contributed by atoms with Gasteiger partial charge in [0.2, 0.25) is 5.82 Å². The van der Waals surface area contributed by atoms with E-state index in [9.17, 15) is 23.7 Å². The molecule has 0 atom stereocenters. The molecule has 0 bridgehead atoms. The average molecular weight is 286 g/mol. The van der Waals surface area contributed by atoms with Gasteiger partial charge in [0, 0.05) is 12.6 Å². The molecule has 0 unspecified atom stereocenters. The molecule has 0 aliphatic carbocycles. The lowest BCUT2D eigenvalue weighted by Crippen LogP contribution is -2.38. The number of halogens is 2. The Labute approximate surface area is 115 Å². The number of hydrogen-bond donors (Lipinski definition) is 0. The predicted molar refractivity (Wildman–Crippen MR) is 69.5 cm³/mol. The highest BCUT2D eigenvalue weighted by molar-refractivity contribution is 5.95. The van der Waals surface area contributed by atoms with Crippen LogP contribution in [-0.4, -0.2) is 28.3 Å². The monoisotopic (exact) mass is 286 g/mol. The van der Waals surface area contributed by atoms with Crippen molar-refractivity contribution in [1.82, 2.24) is 4.90 Å². The first-order valence-electron chi connectivity index (χ1n) is 6.24. The highest BCUT2D eigenvalue weighted by atomic mass is 19.1. The summed E-state index contributed by atoms with van der Waals surface area (Å²) in [5.74, 6) is -2.99. The Balaban J connectivity index is 3.22. The van der Waals surface area contributed by atoms with Gasteiger partial charge >= 0.3 is 5.69 Å². The Bertz CT molecular complexity index is 533. The van der Waals surface area contributed by atoms with Crippen molar-refractivity contribution in [3.8, 4) is 0 Å². The van der Waals surface area contributed by atoms with Crippen LogP contribution in [0.5, 0.6) is 0 Å². The quantitative estimate of drug-likeness (QED) is 0.617. The van der Waals surface area contributed by atoms with Gasteiger partial charge in [0.15, 0.2) is 0 Å². The molecular formula is C13H16F2N2O3. The van der Waals surface area contributed by atoms with Crippen molar-refractivity contribution < 1.29 is 18.5 Å². The first kappa shape index (κ1) is 16.0. The summed E-state index contributed by atoms with van der Waals surface area (Å²) in [6.07, 6.45) is 0.668. The Kier molecular flexibility index (Phi) is 5.12. The molecule has 0 aromatic heterocycles. The number of benzene rings is 1. The Hall–Kier alpha value is -2.05. The number of nitro groups is 1. The first-order valence-corrected chi connectivity index (χ1v) is 6.24. The van der Waals surface area contributed by atoms with Gasteiger partial charge in [-0.15, -0.1) is 0 Å². The molecule has 20 heavy (non-hydrogen) atoms. The van der Waals surface area contributed by atoms with Crippen LogP contribution in [-0.2, 0) is 0 Å². The molecule has 0 radical (unpaired) electrons. The maximum atomic E-state index is 13.8. The van der Waals surface area contributed by atoms with Crippen LogP contribution in [0.25, 0.3) is 0 Å². The Morgan fingerprint density at radius 3 is 2.40 bits per heavy atom. The molecule has 0 saturated heterocycles. The minimum Gasteiger partial charge on any atom is -0.336 e. The molecule has 5 nitrogen and oxygen atoms in total. The molecule has 0 spiro atoms. The summed E-state index contributed by atoms with van der Waals surface area (Å²) in [7, 11) is 0. The second-order valence-electron chi connectivity index (χ2n) is 4.63. The van der Waals surface area contributed by atoms with E-state index >= 15 is 0 Å². The van der Waals surface area contributed by atoms with Crippen LogP contribution in [0.4, 0.5) is 14.5 Å². The molecular weight excluding hydrogens is 270 g/mol. The number of amides is 1. The van der Waals surface area contributed by atoms with E-state index in [0.717, 1.165) is 0 Å². The zero-order chi connectivity index (χ0) is 15.4. The van der Waals surface area contributed by atoms with E-state index in [1.165, 1.54) is 4.90 Å². The zero-order valence-corrected chi connectivity index (χ0v) is 11.5. The van der Waals surface area contributed by atoms with Gasteiger partial charge in [-0.3, -0.25) is 14.9 Å². The van der Waals surface area contributed by atoms with E-state index in [0.29, 0.717) is 25.1 Å². The van der Waals surface area contributed by atoms with E-state index < -0.39 is 33.7 Å². The summed E-state index contributed by atoms with van der Waals surface area (Å²) >= 11 is 0. The molecule has 0 fully saturated rings. The minimum absolute atomic E-state index is 0.180. The molecule has 0 aliphatic heterocycles. The molecule has 0 saturated carbocycles. The average Bonchev–Trinajstić information content (AvgIpc) is 2.36. The van der Waals surface area contributed by atoms with E-state index in [1.807, 2.05) is 6.92 Å². The van der Waals surface area contributed by atoms with Gasteiger partial charge < -0.3 is 4.90 Å². The summed E-state index contributed by atoms with van der Waals surface area (Å²) in [6.45, 7) is 5.77. The van der Waals surface area contributed by atoms with Crippen LogP contribution < -0.4 is 0 Å². The van der Waals surface area contributed by atoms with Crippen LogP contribution in [0, 0.1) is 21.7 Å². The number of rotatable bonds is 5. The zero-order valence-electron chi connectivity index (χ0n) is 11.5. The normalized spacial score (nSPS) is 10.7. The number of hydrogen-bond acceptors (Lipinski definition) is 3. The fourth-order valence-corrected chi connectivity index (χ4v) is 1.83. The van der Waals surface area contributed by atoms with Crippen LogP contribution >= 0.6 is 0 Å². The number of carbonyl (C=O) groups is 1. The fourth-order valence-electron chi connectivity index (χ4n) is 1.83. The summed E-state index contributed by atoms with van der Waals surface area (Å²) in [5, 5.41) is 10.5. The van der Waals surface area contributed by atoms with Gasteiger partial charge in [-0.2, -0.15) is 4.39 Å². The van der Waals surface area contributed by atoms with E-state index in [2.05, 4.69) is 0 Å². The third-order valence-corrected chi connectivity index (χ3v) is 2.81. The Morgan fingerprint density at radius 2 is 1.95 bits per heavy atom. The summed E-state index contributed by atoms with van der Waals surface area (Å²) in [4.78, 5) is 23.0. The van der Waals surface area contributed by atoms with Crippen LogP contribution in [0.3, 0.4) is 0 Å². The van der Waals surface area contributed by atoms with E-state index in [-0.39, 0.29) is 6.04 Å². The van der Waals surface area contributed by atoms with Crippen molar-refractivity contribution in [2.24, 2.45) is 0 Å². The minimum atomic E-state index is -1.22. The van der Waals surface area contributed by atoms with Crippen LogP contribution in [0.15, 0.2) is 12.1 Å². The number of carbonyl (C=O) groups excluding carboxylic acids is 1. The lowest BCUT2D eigenvalue weighted by molar-refractivity contribution is -0.387. The third kappa shape index (κ3) is 3.28. The molecule has 110 valence electrons. The van der Waals surface area contributed by atoms with Crippen molar-refractivity contribution in [2.75, 3.05) is 6.54 Å². The Morgan fingerprint density at radius 1 is 1.35 bits per heavy atom. The molecule has 1 amide bonds. The molecule has 7 heteroatoms. The molecule has 0 aliphatic rings. The lowest BCUT2D eigenvalue weighted by atomic mass is 10.1. The topological polar surface area (TPSA) is 63.5 Å². The summed E-state index contributed by atoms with van der Waals surface area (Å²) in [6, 6.07) is 0.841. The van der Waals surface area contributed by atoms with Crippen LogP contribution in [0.2, 0.25) is 0 Å². The molecule has 0 N–H and O–H groups in total. The largest absolute Gasteiger partial charge is 0.336 e. The fraction of sp³-hybridized carbons (Fsp3) is 0.462. The van der Waals surface area contributed by atoms with Gasteiger partial charge in [0.05, 0.1) is 16.6 Å². The highest BCUT2D eigenvalue weighted by Gasteiger charge is 2.26.